The van der Waals surface area contributed by atoms with Crippen LogP contribution in [0.25, 0.3) is 6.08 Å². The minimum Gasteiger partial charge on any atom is -0.506 e. The third-order valence-electron chi connectivity index (χ3n) is 1.52. The lowest BCUT2D eigenvalue weighted by Gasteiger charge is -1.96. The van der Waals surface area contributed by atoms with E-state index < -0.39 is 5.97 Å². The van der Waals surface area contributed by atoms with Gasteiger partial charge >= 0.3 is 5.97 Å². The van der Waals surface area contributed by atoms with Gasteiger partial charge in [0.1, 0.15) is 11.4 Å². The van der Waals surface area contributed by atoms with E-state index in [2.05, 4.69) is 5.18 Å². The van der Waals surface area contributed by atoms with Crippen LogP contribution in [0.5, 0.6) is 5.75 Å². The molecular formula is C9H7NO4. The molecule has 72 valence electrons. The van der Waals surface area contributed by atoms with Gasteiger partial charge in [-0.2, -0.15) is 0 Å². The minimum absolute atomic E-state index is 0.0718. The molecule has 0 aliphatic carbocycles. The fourth-order valence-electron chi connectivity index (χ4n) is 0.889. The second-order valence-corrected chi connectivity index (χ2v) is 2.51. The van der Waals surface area contributed by atoms with Crippen LogP contribution in [0.1, 0.15) is 5.56 Å². The molecule has 0 saturated carbocycles. The Morgan fingerprint density at radius 2 is 2.14 bits per heavy atom. The third-order valence-corrected chi connectivity index (χ3v) is 1.52. The van der Waals surface area contributed by atoms with Crippen molar-refractivity contribution in [1.82, 2.24) is 0 Å². The molecule has 0 amide bonds. The molecule has 0 atom stereocenters. The van der Waals surface area contributed by atoms with Crippen molar-refractivity contribution in [3.05, 3.63) is 34.7 Å². The normalized spacial score (nSPS) is 10.3. The first-order valence-corrected chi connectivity index (χ1v) is 3.71. The van der Waals surface area contributed by atoms with Gasteiger partial charge in [0.25, 0.3) is 0 Å². The number of rotatable bonds is 3. The Bertz CT molecular complexity index is 398. The van der Waals surface area contributed by atoms with Crippen molar-refractivity contribution in [1.29, 1.82) is 0 Å². The summed E-state index contributed by atoms with van der Waals surface area (Å²) in [5.41, 5.74) is 0.412. The Hall–Kier alpha value is -2.17. The van der Waals surface area contributed by atoms with Crippen LogP contribution in [-0.4, -0.2) is 16.2 Å². The van der Waals surface area contributed by atoms with E-state index in [4.69, 9.17) is 5.11 Å². The van der Waals surface area contributed by atoms with Crippen LogP contribution >= 0.6 is 0 Å². The molecule has 0 fully saturated rings. The van der Waals surface area contributed by atoms with Crippen molar-refractivity contribution in [3.63, 3.8) is 0 Å². The van der Waals surface area contributed by atoms with Gasteiger partial charge in [-0.3, -0.25) is 0 Å². The van der Waals surface area contributed by atoms with Crippen molar-refractivity contribution >= 4 is 17.7 Å². The highest BCUT2D eigenvalue weighted by Gasteiger charge is 2.00. The van der Waals surface area contributed by atoms with E-state index in [-0.39, 0.29) is 11.4 Å². The number of carboxylic acid groups (broad SMARTS) is 1. The number of aromatic hydroxyl groups is 1. The SMILES string of the molecule is O=Nc1ccc(/C=C/C(=O)O)cc1O. The van der Waals surface area contributed by atoms with Gasteiger partial charge in [0.15, 0.2) is 0 Å². The van der Waals surface area contributed by atoms with Gasteiger partial charge in [-0.05, 0) is 28.9 Å². The highest BCUT2D eigenvalue weighted by molar-refractivity contribution is 5.85. The van der Waals surface area contributed by atoms with Gasteiger partial charge in [0, 0.05) is 6.08 Å². The molecule has 0 heterocycles. The summed E-state index contributed by atoms with van der Waals surface area (Å²) in [6.45, 7) is 0. The third kappa shape index (κ3) is 2.41. The van der Waals surface area contributed by atoms with E-state index in [9.17, 15) is 14.8 Å². The standard InChI is InChI=1S/C9H7NO4/c11-8-5-6(2-4-9(12)13)1-3-7(8)10-14/h1-5,11H,(H,12,13)/b4-2+. The van der Waals surface area contributed by atoms with Crippen LogP contribution in [-0.2, 0) is 4.79 Å². The second kappa shape index (κ2) is 4.18. The predicted molar refractivity (Wildman–Crippen MR) is 50.2 cm³/mol. The summed E-state index contributed by atoms with van der Waals surface area (Å²) in [6, 6.07) is 4.05. The number of phenols is 1. The van der Waals surface area contributed by atoms with Gasteiger partial charge in [0.05, 0.1) is 0 Å². The smallest absolute Gasteiger partial charge is 0.328 e. The molecule has 0 spiro atoms. The van der Waals surface area contributed by atoms with Crippen LogP contribution in [0.3, 0.4) is 0 Å². The molecule has 1 rings (SSSR count). The maximum absolute atomic E-state index is 10.2. The highest BCUT2D eigenvalue weighted by Crippen LogP contribution is 2.26. The van der Waals surface area contributed by atoms with Gasteiger partial charge < -0.3 is 10.2 Å². The van der Waals surface area contributed by atoms with Crippen molar-refractivity contribution < 1.29 is 15.0 Å². The van der Waals surface area contributed by atoms with Crippen LogP contribution < -0.4 is 0 Å². The monoisotopic (exact) mass is 193 g/mol. The Labute approximate surface area is 79.3 Å². The lowest BCUT2D eigenvalue weighted by atomic mass is 10.2. The molecule has 0 saturated heterocycles. The molecule has 0 bridgehead atoms. The molecule has 1 aromatic carbocycles. The van der Waals surface area contributed by atoms with Crippen LogP contribution in [0.2, 0.25) is 0 Å². The van der Waals surface area contributed by atoms with E-state index in [1.807, 2.05) is 0 Å². The van der Waals surface area contributed by atoms with Gasteiger partial charge in [-0.25, -0.2) is 4.79 Å². The van der Waals surface area contributed by atoms with Crippen molar-refractivity contribution in [2.24, 2.45) is 5.18 Å². The summed E-state index contributed by atoms with van der Waals surface area (Å²) >= 11 is 0. The zero-order valence-corrected chi connectivity index (χ0v) is 7.04. The van der Waals surface area contributed by atoms with Gasteiger partial charge in [0.2, 0.25) is 0 Å². The van der Waals surface area contributed by atoms with E-state index in [1.54, 1.807) is 0 Å². The fraction of sp³-hybridized carbons (Fsp3) is 0. The quantitative estimate of drug-likeness (QED) is 0.566. The predicted octanol–water partition coefficient (Wildman–Crippen LogP) is 1.89. The fourth-order valence-corrected chi connectivity index (χ4v) is 0.889. The Morgan fingerprint density at radius 3 is 2.64 bits per heavy atom. The molecule has 0 radical (unpaired) electrons. The number of carbonyl (C=O) groups is 1. The van der Waals surface area contributed by atoms with Crippen LogP contribution in [0.15, 0.2) is 29.5 Å². The van der Waals surface area contributed by atoms with Crippen LogP contribution in [0, 0.1) is 4.91 Å². The van der Waals surface area contributed by atoms with Crippen molar-refractivity contribution in [3.8, 4) is 5.75 Å². The summed E-state index contributed by atoms with van der Waals surface area (Å²) in [5.74, 6) is -1.35. The van der Waals surface area contributed by atoms with Crippen molar-refractivity contribution in [2.45, 2.75) is 0 Å². The molecule has 0 unspecified atom stereocenters. The zero-order valence-electron chi connectivity index (χ0n) is 7.04. The second-order valence-electron chi connectivity index (χ2n) is 2.51. The number of nitrogens with zero attached hydrogens (tertiary/aromatic N) is 1. The number of aliphatic carboxylic acids is 1. The average molecular weight is 193 g/mol. The largest absolute Gasteiger partial charge is 0.506 e. The first-order valence-electron chi connectivity index (χ1n) is 3.71. The van der Waals surface area contributed by atoms with Crippen LogP contribution in [0.4, 0.5) is 5.69 Å². The first kappa shape index (κ1) is 9.91. The minimum atomic E-state index is -1.08. The lowest BCUT2D eigenvalue weighted by molar-refractivity contribution is -0.131. The van der Waals surface area contributed by atoms with E-state index in [1.165, 1.54) is 24.3 Å². The number of phenolic OH excluding ortho intramolecular Hbond substituents is 1. The maximum Gasteiger partial charge on any atom is 0.328 e. The highest BCUT2D eigenvalue weighted by atomic mass is 16.4. The molecule has 2 N–H and O–H groups in total. The molecule has 0 aliphatic rings. The topological polar surface area (TPSA) is 87.0 Å². The summed E-state index contributed by atoms with van der Waals surface area (Å²) in [7, 11) is 0. The summed E-state index contributed by atoms with van der Waals surface area (Å²) in [5, 5.41) is 20.1. The number of hydrogen-bond donors (Lipinski definition) is 2. The Morgan fingerprint density at radius 1 is 1.43 bits per heavy atom. The Kier molecular flexibility index (Phi) is 2.96. The molecule has 1 aromatic rings. The zero-order chi connectivity index (χ0) is 10.6. The first-order chi connectivity index (χ1) is 6.63. The van der Waals surface area contributed by atoms with Crippen molar-refractivity contribution in [2.75, 3.05) is 0 Å². The number of benzene rings is 1. The molecule has 5 heteroatoms. The maximum atomic E-state index is 10.2. The lowest BCUT2D eigenvalue weighted by Crippen LogP contribution is -1.85. The number of nitroso groups, excluding NO2 is 1. The number of hydrogen-bond acceptors (Lipinski definition) is 4. The number of carboxylic acids is 1. The molecule has 5 nitrogen and oxygen atoms in total. The van der Waals surface area contributed by atoms with Gasteiger partial charge in [-0.15, -0.1) is 4.91 Å². The Balaban J connectivity index is 2.97. The summed E-state index contributed by atoms with van der Waals surface area (Å²) in [4.78, 5) is 20.2. The molecule has 0 aliphatic heterocycles. The van der Waals surface area contributed by atoms with E-state index >= 15 is 0 Å². The molecule has 0 aromatic heterocycles. The van der Waals surface area contributed by atoms with E-state index in [0.717, 1.165) is 6.08 Å². The molecular weight excluding hydrogens is 186 g/mol. The summed E-state index contributed by atoms with van der Waals surface area (Å²) in [6.07, 6.45) is 2.24. The van der Waals surface area contributed by atoms with E-state index in [0.29, 0.717) is 5.56 Å². The average Bonchev–Trinajstić information content (AvgIpc) is 2.15. The summed E-state index contributed by atoms with van der Waals surface area (Å²) < 4.78 is 0. The van der Waals surface area contributed by atoms with Gasteiger partial charge in [-0.1, -0.05) is 6.07 Å². The molecule has 14 heavy (non-hydrogen) atoms.